The van der Waals surface area contributed by atoms with Gasteiger partial charge in [-0.1, -0.05) is 44.2 Å². The molecule has 3 heterocycles. The van der Waals surface area contributed by atoms with Gasteiger partial charge in [0.2, 0.25) is 0 Å². The van der Waals surface area contributed by atoms with Crippen LogP contribution >= 0.6 is 11.3 Å². The maximum atomic E-state index is 4.42. The SMILES string of the molecule is Cc1cc(NC(c2ccc(C(C)C)cc2)c2cccs2)n2ncnc2n1. The largest absolute Gasteiger partial charge is 0.358 e. The summed E-state index contributed by atoms with van der Waals surface area (Å²) in [5.74, 6) is 2.01. The highest BCUT2D eigenvalue weighted by Crippen LogP contribution is 2.31. The molecule has 0 saturated carbocycles. The number of hydrogen-bond donors (Lipinski definition) is 1. The van der Waals surface area contributed by atoms with Gasteiger partial charge in [0.15, 0.2) is 0 Å². The maximum absolute atomic E-state index is 4.42. The van der Waals surface area contributed by atoms with E-state index in [1.807, 2.05) is 13.0 Å². The first kappa shape index (κ1) is 16.7. The normalized spacial score (nSPS) is 12.6. The van der Waals surface area contributed by atoms with Gasteiger partial charge >= 0.3 is 0 Å². The van der Waals surface area contributed by atoms with E-state index in [0.29, 0.717) is 11.7 Å². The first-order chi connectivity index (χ1) is 12.6. The van der Waals surface area contributed by atoms with Crippen LogP contribution in [0.15, 0.2) is 54.2 Å². The second kappa shape index (κ2) is 6.88. The minimum atomic E-state index is 0.0467. The Hall–Kier alpha value is -2.73. The van der Waals surface area contributed by atoms with Crippen LogP contribution in [0.2, 0.25) is 0 Å². The molecule has 26 heavy (non-hydrogen) atoms. The van der Waals surface area contributed by atoms with Crippen LogP contribution in [0.5, 0.6) is 0 Å². The van der Waals surface area contributed by atoms with E-state index in [4.69, 9.17) is 0 Å². The molecule has 0 spiro atoms. The van der Waals surface area contributed by atoms with Crippen molar-refractivity contribution in [3.05, 3.63) is 75.9 Å². The van der Waals surface area contributed by atoms with Crippen molar-refractivity contribution in [1.82, 2.24) is 19.6 Å². The van der Waals surface area contributed by atoms with Gasteiger partial charge in [-0.25, -0.2) is 4.98 Å². The Morgan fingerprint density at radius 1 is 1.08 bits per heavy atom. The quantitative estimate of drug-likeness (QED) is 0.552. The van der Waals surface area contributed by atoms with Gasteiger partial charge in [-0.2, -0.15) is 14.6 Å². The number of rotatable bonds is 5. The van der Waals surface area contributed by atoms with Crippen LogP contribution in [0.3, 0.4) is 0 Å². The highest BCUT2D eigenvalue weighted by molar-refractivity contribution is 7.10. The molecule has 132 valence electrons. The molecular weight excluding hydrogens is 342 g/mol. The van der Waals surface area contributed by atoms with Crippen molar-refractivity contribution in [2.24, 2.45) is 0 Å². The Bertz CT molecular complexity index is 1000. The van der Waals surface area contributed by atoms with Gasteiger partial charge in [0.1, 0.15) is 12.1 Å². The van der Waals surface area contributed by atoms with Gasteiger partial charge in [-0.15, -0.1) is 11.3 Å². The summed E-state index contributed by atoms with van der Waals surface area (Å²) in [6.07, 6.45) is 1.53. The monoisotopic (exact) mass is 363 g/mol. The molecule has 0 saturated heterocycles. The third-order valence-electron chi connectivity index (χ3n) is 4.44. The van der Waals surface area contributed by atoms with Crippen LogP contribution in [0.25, 0.3) is 5.78 Å². The summed E-state index contributed by atoms with van der Waals surface area (Å²) in [5.41, 5.74) is 3.48. The molecule has 0 fully saturated rings. The standard InChI is InChI=1S/C20H21N5S/c1-13(2)15-6-8-16(9-7-15)19(17-5-4-10-26-17)24-18-11-14(3)23-20-21-12-22-25(18)20/h4-13,19,24H,1-3H3. The van der Waals surface area contributed by atoms with Gasteiger partial charge in [0, 0.05) is 16.6 Å². The number of nitrogens with one attached hydrogen (secondary N) is 1. The second-order valence-corrected chi connectivity index (χ2v) is 7.65. The number of aromatic nitrogens is 4. The number of anilines is 1. The van der Waals surface area contributed by atoms with Gasteiger partial charge in [-0.05, 0) is 35.4 Å². The van der Waals surface area contributed by atoms with Crippen molar-refractivity contribution in [1.29, 1.82) is 0 Å². The Morgan fingerprint density at radius 3 is 2.54 bits per heavy atom. The zero-order chi connectivity index (χ0) is 18.1. The third kappa shape index (κ3) is 3.20. The molecule has 0 radical (unpaired) electrons. The molecule has 6 heteroatoms. The molecule has 5 nitrogen and oxygen atoms in total. The summed E-state index contributed by atoms with van der Waals surface area (Å²) in [6, 6.07) is 15.1. The minimum absolute atomic E-state index is 0.0467. The molecule has 0 amide bonds. The van der Waals surface area contributed by atoms with E-state index in [9.17, 15) is 0 Å². The van der Waals surface area contributed by atoms with E-state index in [1.165, 1.54) is 22.3 Å². The van der Waals surface area contributed by atoms with Crippen LogP contribution in [0.1, 0.15) is 47.5 Å². The van der Waals surface area contributed by atoms with Gasteiger partial charge in [0.25, 0.3) is 5.78 Å². The Labute approximate surface area is 156 Å². The zero-order valence-electron chi connectivity index (χ0n) is 15.0. The van der Waals surface area contributed by atoms with E-state index in [0.717, 1.165) is 11.5 Å². The van der Waals surface area contributed by atoms with Crippen LogP contribution in [-0.2, 0) is 0 Å². The fourth-order valence-electron chi connectivity index (χ4n) is 3.03. The molecule has 3 aromatic heterocycles. The predicted octanol–water partition coefficient (Wildman–Crippen LogP) is 4.82. The second-order valence-electron chi connectivity index (χ2n) is 6.67. The van der Waals surface area contributed by atoms with Crippen molar-refractivity contribution in [3.63, 3.8) is 0 Å². The highest BCUT2D eigenvalue weighted by Gasteiger charge is 2.18. The van der Waals surface area contributed by atoms with E-state index in [1.54, 1.807) is 15.9 Å². The van der Waals surface area contributed by atoms with Crippen molar-refractivity contribution in [2.75, 3.05) is 5.32 Å². The minimum Gasteiger partial charge on any atom is -0.358 e. The number of aryl methyl sites for hydroxylation is 1. The smallest absolute Gasteiger partial charge is 0.254 e. The lowest BCUT2D eigenvalue weighted by Gasteiger charge is -2.20. The van der Waals surface area contributed by atoms with Crippen molar-refractivity contribution >= 4 is 22.9 Å². The summed E-state index contributed by atoms with van der Waals surface area (Å²) in [6.45, 7) is 6.40. The number of benzene rings is 1. The number of nitrogens with zero attached hydrogens (tertiary/aromatic N) is 4. The molecule has 1 aromatic carbocycles. The van der Waals surface area contributed by atoms with Crippen LogP contribution in [-0.4, -0.2) is 19.6 Å². The topological polar surface area (TPSA) is 55.1 Å². The lowest BCUT2D eigenvalue weighted by atomic mass is 9.98. The lowest BCUT2D eigenvalue weighted by molar-refractivity contribution is 0.856. The summed E-state index contributed by atoms with van der Waals surface area (Å²) in [5, 5.41) is 10.1. The average Bonchev–Trinajstić information content (AvgIpc) is 3.31. The van der Waals surface area contributed by atoms with E-state index in [2.05, 4.69) is 76.0 Å². The Balaban J connectivity index is 1.75. The molecular formula is C20H21N5S. The first-order valence-electron chi connectivity index (χ1n) is 8.69. The molecule has 4 rings (SSSR count). The predicted molar refractivity (Wildman–Crippen MR) is 106 cm³/mol. The van der Waals surface area contributed by atoms with Crippen molar-refractivity contribution in [3.8, 4) is 0 Å². The summed E-state index contributed by atoms with van der Waals surface area (Å²) < 4.78 is 1.75. The summed E-state index contributed by atoms with van der Waals surface area (Å²) in [7, 11) is 0. The van der Waals surface area contributed by atoms with Crippen LogP contribution in [0.4, 0.5) is 5.82 Å². The molecule has 0 bridgehead atoms. The Morgan fingerprint density at radius 2 is 1.85 bits per heavy atom. The molecule has 1 N–H and O–H groups in total. The first-order valence-corrected chi connectivity index (χ1v) is 9.57. The van der Waals surface area contributed by atoms with Gasteiger partial charge < -0.3 is 5.32 Å². The molecule has 0 aliphatic carbocycles. The van der Waals surface area contributed by atoms with Crippen molar-refractivity contribution < 1.29 is 0 Å². The van der Waals surface area contributed by atoms with E-state index < -0.39 is 0 Å². The van der Waals surface area contributed by atoms with Crippen LogP contribution in [0, 0.1) is 6.92 Å². The molecule has 0 aliphatic heterocycles. The zero-order valence-corrected chi connectivity index (χ0v) is 15.9. The lowest BCUT2D eigenvalue weighted by Crippen LogP contribution is -2.14. The Kier molecular flexibility index (Phi) is 4.42. The summed E-state index contributed by atoms with van der Waals surface area (Å²) >= 11 is 1.74. The van der Waals surface area contributed by atoms with E-state index >= 15 is 0 Å². The molecule has 1 atom stereocenters. The average molecular weight is 363 g/mol. The number of thiophene rings is 1. The molecule has 4 aromatic rings. The molecule has 1 unspecified atom stereocenters. The van der Waals surface area contributed by atoms with Crippen LogP contribution < -0.4 is 5.32 Å². The number of hydrogen-bond acceptors (Lipinski definition) is 5. The van der Waals surface area contributed by atoms with Crippen molar-refractivity contribution in [2.45, 2.75) is 32.7 Å². The third-order valence-corrected chi connectivity index (χ3v) is 5.37. The fraction of sp³-hybridized carbons (Fsp3) is 0.250. The van der Waals surface area contributed by atoms with Gasteiger partial charge in [-0.3, -0.25) is 0 Å². The highest BCUT2D eigenvalue weighted by atomic mass is 32.1. The number of fused-ring (bicyclic) bond motifs is 1. The maximum Gasteiger partial charge on any atom is 0.254 e. The molecule has 0 aliphatic rings. The summed E-state index contributed by atoms with van der Waals surface area (Å²) in [4.78, 5) is 9.89. The van der Waals surface area contributed by atoms with E-state index in [-0.39, 0.29) is 6.04 Å². The fourth-order valence-corrected chi connectivity index (χ4v) is 3.83. The van der Waals surface area contributed by atoms with Gasteiger partial charge in [0.05, 0.1) is 6.04 Å².